The Hall–Kier alpha value is -2.31. The molecule has 3 rings (SSSR count). The number of rotatable bonds is 3. The third-order valence-corrected chi connectivity index (χ3v) is 4.13. The maximum Gasteiger partial charge on any atom is 0.222 e. The molecule has 0 bridgehead atoms. The molecule has 116 valence electrons. The molecule has 22 heavy (non-hydrogen) atoms. The van der Waals surface area contributed by atoms with Gasteiger partial charge in [-0.1, -0.05) is 12.8 Å². The minimum atomic E-state index is -0.958. The van der Waals surface area contributed by atoms with Crippen molar-refractivity contribution in [1.82, 2.24) is 9.97 Å². The molecule has 2 aromatic rings. The van der Waals surface area contributed by atoms with Crippen LogP contribution in [0.3, 0.4) is 0 Å². The van der Waals surface area contributed by atoms with Gasteiger partial charge in [-0.15, -0.1) is 0 Å². The topological polar surface area (TPSA) is 80.9 Å². The molecule has 1 amide bonds. The van der Waals surface area contributed by atoms with Crippen LogP contribution in [-0.4, -0.2) is 21.9 Å². The number of aromatic nitrogens is 2. The largest absolute Gasteiger partial charge is 0.369 e. The van der Waals surface area contributed by atoms with Crippen molar-refractivity contribution < 1.29 is 13.6 Å². The van der Waals surface area contributed by atoms with Crippen LogP contribution in [0.5, 0.6) is 0 Å². The molecule has 1 fully saturated rings. The van der Waals surface area contributed by atoms with Crippen LogP contribution in [0.15, 0.2) is 18.5 Å². The van der Waals surface area contributed by atoms with E-state index in [1.54, 1.807) is 0 Å². The number of primary amides is 1. The maximum absolute atomic E-state index is 13.5. The second-order valence-corrected chi connectivity index (χ2v) is 5.55. The van der Waals surface area contributed by atoms with E-state index in [9.17, 15) is 13.6 Å². The van der Waals surface area contributed by atoms with Crippen LogP contribution in [0, 0.1) is 17.6 Å². The Morgan fingerprint density at radius 2 is 1.91 bits per heavy atom. The number of nitrogens with one attached hydrogen (secondary N) is 1. The molecule has 0 saturated heterocycles. The summed E-state index contributed by atoms with van der Waals surface area (Å²) in [6.07, 6.45) is 4.72. The van der Waals surface area contributed by atoms with Crippen LogP contribution in [0.4, 0.5) is 14.6 Å². The molecular weight excluding hydrogens is 290 g/mol. The number of hydrogen-bond donors (Lipinski definition) is 2. The molecular formula is C15H16F2N4O. The van der Waals surface area contributed by atoms with Crippen LogP contribution in [0.2, 0.25) is 0 Å². The first-order valence-electron chi connectivity index (χ1n) is 7.22. The van der Waals surface area contributed by atoms with Crippen molar-refractivity contribution in [2.24, 2.45) is 11.7 Å². The average Bonchev–Trinajstić information content (AvgIpc) is 2.49. The molecule has 5 nitrogen and oxygen atoms in total. The first-order chi connectivity index (χ1) is 10.6. The van der Waals surface area contributed by atoms with Gasteiger partial charge in [0.25, 0.3) is 0 Å². The number of halogens is 2. The summed E-state index contributed by atoms with van der Waals surface area (Å²) in [5.74, 6) is -2.16. The third-order valence-electron chi connectivity index (χ3n) is 4.13. The number of carbonyl (C=O) groups is 1. The highest BCUT2D eigenvalue weighted by atomic mass is 19.2. The smallest absolute Gasteiger partial charge is 0.222 e. The number of nitrogens with zero attached hydrogens (tertiary/aromatic N) is 2. The van der Waals surface area contributed by atoms with Crippen LogP contribution < -0.4 is 11.1 Å². The van der Waals surface area contributed by atoms with Gasteiger partial charge in [0.1, 0.15) is 12.1 Å². The third kappa shape index (κ3) is 2.70. The molecule has 1 aliphatic rings. The van der Waals surface area contributed by atoms with E-state index in [-0.39, 0.29) is 17.9 Å². The van der Waals surface area contributed by atoms with Crippen LogP contribution in [0.25, 0.3) is 10.9 Å². The van der Waals surface area contributed by atoms with E-state index < -0.39 is 11.6 Å². The minimum Gasteiger partial charge on any atom is -0.369 e. The summed E-state index contributed by atoms with van der Waals surface area (Å²) in [7, 11) is 0. The number of anilines is 1. The van der Waals surface area contributed by atoms with E-state index in [1.165, 1.54) is 6.33 Å². The molecule has 1 aliphatic carbocycles. The van der Waals surface area contributed by atoms with Crippen LogP contribution in [0.1, 0.15) is 25.7 Å². The zero-order chi connectivity index (χ0) is 15.7. The molecule has 2 atom stereocenters. The van der Waals surface area contributed by atoms with Crippen molar-refractivity contribution in [3.63, 3.8) is 0 Å². The van der Waals surface area contributed by atoms with Crippen LogP contribution >= 0.6 is 0 Å². The molecule has 0 spiro atoms. The molecule has 0 unspecified atom stereocenters. The summed E-state index contributed by atoms with van der Waals surface area (Å²) in [5, 5.41) is 3.55. The Morgan fingerprint density at radius 3 is 2.68 bits per heavy atom. The van der Waals surface area contributed by atoms with Crippen LogP contribution in [-0.2, 0) is 4.79 Å². The average molecular weight is 306 g/mol. The second-order valence-electron chi connectivity index (χ2n) is 5.55. The van der Waals surface area contributed by atoms with E-state index in [0.29, 0.717) is 16.7 Å². The molecule has 7 heteroatoms. The van der Waals surface area contributed by atoms with Gasteiger partial charge in [0.2, 0.25) is 5.91 Å². The predicted octanol–water partition coefficient (Wildman–Crippen LogP) is 2.36. The summed E-state index contributed by atoms with van der Waals surface area (Å²) in [6.45, 7) is 0. The van der Waals surface area contributed by atoms with Crippen molar-refractivity contribution in [3.8, 4) is 0 Å². The van der Waals surface area contributed by atoms with Gasteiger partial charge >= 0.3 is 0 Å². The molecule has 0 aliphatic heterocycles. The van der Waals surface area contributed by atoms with Gasteiger partial charge in [0.15, 0.2) is 11.6 Å². The summed E-state index contributed by atoms with van der Waals surface area (Å²) >= 11 is 0. The number of benzene rings is 1. The number of hydrogen-bond acceptors (Lipinski definition) is 4. The molecule has 1 aromatic carbocycles. The number of fused-ring (bicyclic) bond motifs is 1. The monoisotopic (exact) mass is 306 g/mol. The Labute approximate surface area is 125 Å². The first-order valence-corrected chi connectivity index (χ1v) is 7.22. The predicted molar refractivity (Wildman–Crippen MR) is 78.0 cm³/mol. The molecule has 3 N–H and O–H groups in total. The molecule has 0 radical (unpaired) electrons. The second kappa shape index (κ2) is 5.82. The summed E-state index contributed by atoms with van der Waals surface area (Å²) < 4.78 is 26.8. The van der Waals surface area contributed by atoms with Crippen molar-refractivity contribution in [2.45, 2.75) is 31.7 Å². The molecule has 1 aromatic heterocycles. The summed E-state index contributed by atoms with van der Waals surface area (Å²) in [6, 6.07) is 1.94. The standard InChI is InChI=1S/C15H16F2N4O/c16-10-5-9-13(6-11(10)17)19-7-20-15(9)21-12-4-2-1-3-8(12)14(18)22/h5-8,12H,1-4H2,(H2,18,22)(H,19,20,21)/t8-,12+/m0/s1. The fraction of sp³-hybridized carbons (Fsp3) is 0.400. The lowest BCUT2D eigenvalue weighted by molar-refractivity contribution is -0.122. The zero-order valence-electron chi connectivity index (χ0n) is 11.9. The number of carbonyl (C=O) groups excluding carboxylic acids is 1. The Morgan fingerprint density at radius 1 is 1.18 bits per heavy atom. The van der Waals surface area contributed by atoms with Crippen molar-refractivity contribution in [2.75, 3.05) is 5.32 Å². The first kappa shape index (κ1) is 14.6. The van der Waals surface area contributed by atoms with Crippen molar-refractivity contribution in [1.29, 1.82) is 0 Å². The highest BCUT2D eigenvalue weighted by molar-refractivity contribution is 5.89. The Kier molecular flexibility index (Phi) is 3.87. The van der Waals surface area contributed by atoms with Crippen molar-refractivity contribution >= 4 is 22.6 Å². The zero-order valence-corrected chi connectivity index (χ0v) is 11.9. The lowest BCUT2D eigenvalue weighted by Crippen LogP contribution is -2.40. The number of amides is 1. The van der Waals surface area contributed by atoms with Gasteiger partial charge in [0.05, 0.1) is 11.4 Å². The lowest BCUT2D eigenvalue weighted by Gasteiger charge is -2.30. The fourth-order valence-electron chi connectivity index (χ4n) is 2.99. The quantitative estimate of drug-likeness (QED) is 0.912. The summed E-state index contributed by atoms with van der Waals surface area (Å²) in [4.78, 5) is 19.6. The minimum absolute atomic E-state index is 0.155. The Bertz CT molecular complexity index is 722. The van der Waals surface area contributed by atoms with Gasteiger partial charge in [-0.25, -0.2) is 18.7 Å². The SMILES string of the molecule is NC(=O)[C@H]1CCCC[C@H]1Nc1ncnc2cc(F)c(F)cc12. The molecule has 1 heterocycles. The lowest BCUT2D eigenvalue weighted by atomic mass is 9.84. The van der Waals surface area contributed by atoms with Gasteiger partial charge in [-0.3, -0.25) is 4.79 Å². The van der Waals surface area contributed by atoms with Gasteiger partial charge < -0.3 is 11.1 Å². The number of nitrogens with two attached hydrogens (primary N) is 1. The van der Waals surface area contributed by atoms with E-state index >= 15 is 0 Å². The van der Waals surface area contributed by atoms with Gasteiger partial charge in [-0.2, -0.15) is 0 Å². The van der Waals surface area contributed by atoms with Crippen molar-refractivity contribution in [3.05, 3.63) is 30.1 Å². The van der Waals surface area contributed by atoms with E-state index in [2.05, 4.69) is 15.3 Å². The summed E-state index contributed by atoms with van der Waals surface area (Å²) in [5.41, 5.74) is 5.75. The van der Waals surface area contributed by atoms with E-state index in [4.69, 9.17) is 5.73 Å². The normalized spacial score (nSPS) is 21.7. The Balaban J connectivity index is 1.96. The van der Waals surface area contributed by atoms with Gasteiger partial charge in [-0.05, 0) is 18.9 Å². The highest BCUT2D eigenvalue weighted by Gasteiger charge is 2.30. The highest BCUT2D eigenvalue weighted by Crippen LogP contribution is 2.29. The molecule has 1 saturated carbocycles. The maximum atomic E-state index is 13.5. The fourth-order valence-corrected chi connectivity index (χ4v) is 2.99. The van der Waals surface area contributed by atoms with Gasteiger partial charge in [0, 0.05) is 17.5 Å². The van der Waals surface area contributed by atoms with E-state index in [0.717, 1.165) is 37.8 Å². The van der Waals surface area contributed by atoms with E-state index in [1.807, 2.05) is 0 Å².